The number of aryl methyl sites for hydroxylation is 2. The van der Waals surface area contributed by atoms with E-state index in [9.17, 15) is 29.4 Å². The molecule has 2 aromatic carbocycles. The molecule has 2 N–H and O–H groups in total. The molecule has 2 atom stereocenters. The Kier molecular flexibility index (Phi) is 21.7. The van der Waals surface area contributed by atoms with Crippen LogP contribution < -0.4 is 29.6 Å². The molecule has 0 bridgehead atoms. The van der Waals surface area contributed by atoms with E-state index in [0.29, 0.717) is 25.7 Å². The van der Waals surface area contributed by atoms with Crippen LogP contribution in [0.4, 0.5) is 0 Å². The number of carbonyl (C=O) groups excluding carboxylic acids is 4. The van der Waals surface area contributed by atoms with Crippen molar-refractivity contribution in [3.8, 4) is 0 Å². The molecule has 0 radical (unpaired) electrons. The largest absolute Gasteiger partial charge is 1.00 e. The second kappa shape index (κ2) is 24.2. The Morgan fingerprint density at radius 1 is 0.754 bits per heavy atom. The maximum Gasteiger partial charge on any atom is 1.00 e. The first-order valence-corrected chi connectivity index (χ1v) is 19.6. The minimum atomic E-state index is -0.693. The van der Waals surface area contributed by atoms with Crippen molar-refractivity contribution in [2.75, 3.05) is 0 Å². The van der Waals surface area contributed by atoms with Crippen LogP contribution >= 0.6 is 0 Å². The summed E-state index contributed by atoms with van der Waals surface area (Å²) in [5, 5.41) is 20.3. The molecule has 0 amide bonds. The van der Waals surface area contributed by atoms with Gasteiger partial charge in [0, 0.05) is 25.3 Å². The van der Waals surface area contributed by atoms with Crippen molar-refractivity contribution in [3.05, 3.63) is 108 Å². The van der Waals surface area contributed by atoms with Crippen LogP contribution in [0, 0.1) is 0 Å². The van der Waals surface area contributed by atoms with Gasteiger partial charge in [-0.3, -0.25) is 4.79 Å². The third-order valence-corrected chi connectivity index (χ3v) is 8.91. The summed E-state index contributed by atoms with van der Waals surface area (Å²) in [6, 6.07) is 20.2. The zero-order valence-corrected chi connectivity index (χ0v) is 37.8. The molecule has 0 spiro atoms. The van der Waals surface area contributed by atoms with Gasteiger partial charge in [-0.2, -0.15) is 0 Å². The Labute approximate surface area is 363 Å². The summed E-state index contributed by atoms with van der Waals surface area (Å²) in [5.74, 6) is -1.53. The molecule has 11 heteroatoms. The number of aliphatic hydroxyl groups is 2. The van der Waals surface area contributed by atoms with Gasteiger partial charge in [-0.15, -0.1) is 0 Å². The van der Waals surface area contributed by atoms with Gasteiger partial charge in [0.1, 0.15) is 33.9 Å². The fourth-order valence-electron chi connectivity index (χ4n) is 6.58. The number of ether oxygens (including phenoxy) is 4. The van der Waals surface area contributed by atoms with E-state index in [1.165, 1.54) is 17.2 Å². The molecular weight excluding hydrogens is 735 g/mol. The van der Waals surface area contributed by atoms with Gasteiger partial charge < -0.3 is 30.6 Å². The second-order valence-corrected chi connectivity index (χ2v) is 16.4. The van der Waals surface area contributed by atoms with Crippen molar-refractivity contribution < 1.29 is 79.3 Å². The van der Waals surface area contributed by atoms with E-state index < -0.39 is 40.3 Å². The molecule has 0 saturated carbocycles. The molecular formula is C46H65NaO10. The molecule has 0 aliphatic carbocycles. The quantitative estimate of drug-likeness (QED) is 0.0870. The average molecular weight is 801 g/mol. The predicted octanol–water partition coefficient (Wildman–Crippen LogP) is 7.22. The van der Waals surface area contributed by atoms with Crippen LogP contribution in [0.3, 0.4) is 0 Å². The summed E-state index contributed by atoms with van der Waals surface area (Å²) < 4.78 is 21.5. The summed E-state index contributed by atoms with van der Waals surface area (Å²) in [4.78, 5) is 46.5. The zero-order chi connectivity index (χ0) is 42.0. The van der Waals surface area contributed by atoms with Crippen LogP contribution in [0.1, 0.15) is 132 Å². The van der Waals surface area contributed by atoms with Crippen molar-refractivity contribution in [1.29, 1.82) is 0 Å². The van der Waals surface area contributed by atoms with Gasteiger partial charge in [0.15, 0.2) is 0 Å². The summed E-state index contributed by atoms with van der Waals surface area (Å²) in [6.45, 7) is 18.2. The summed E-state index contributed by atoms with van der Waals surface area (Å²) >= 11 is 0. The number of aliphatic hydroxyl groups excluding tert-OH is 2. The number of esters is 4. The number of hydrogen-bond acceptors (Lipinski definition) is 10. The number of benzene rings is 2. The Morgan fingerprint density at radius 3 is 1.61 bits per heavy atom. The van der Waals surface area contributed by atoms with E-state index in [0.717, 1.165) is 44.6 Å². The standard InChI is InChI=1S/C23H32O5.C16H20O3.C7H12O2.Na.H/c1-5-14-23(15-13-17-9-7-6-8-10-17)16-19(24)18(21(26)28-23)11-12-20(25)27-22(2,3)4;1-2-9-16(12-14(17)11-15(18)19-16)10-8-13-6-4-3-5-7-13;1-5-6(8)9-7(2,3)4;;/h6-10,24H,5,11-16H2,1-4H3;3-7,11,17H,2,8-10,12H2,1H3;5H,1H2,2-4H3;;/q;;;+1;-1/t23-;16-;;;/m11.../s1. The first kappa shape index (κ1) is 51.2. The van der Waals surface area contributed by atoms with E-state index in [-0.39, 0.29) is 66.9 Å². The molecule has 310 valence electrons. The van der Waals surface area contributed by atoms with E-state index in [1.807, 2.05) is 76.2 Å². The van der Waals surface area contributed by atoms with E-state index in [1.54, 1.807) is 20.8 Å². The topological polar surface area (TPSA) is 146 Å². The Bertz CT molecular complexity index is 1660. The van der Waals surface area contributed by atoms with Gasteiger partial charge >= 0.3 is 53.4 Å². The number of carbonyl (C=O) groups is 4. The first-order chi connectivity index (χ1) is 26.2. The maximum absolute atomic E-state index is 12.6. The minimum absolute atomic E-state index is 0. The molecule has 57 heavy (non-hydrogen) atoms. The van der Waals surface area contributed by atoms with Crippen LogP contribution in [0.15, 0.2) is 96.5 Å². The Hall–Kier alpha value is -3.86. The maximum atomic E-state index is 12.6. The van der Waals surface area contributed by atoms with E-state index in [4.69, 9.17) is 18.9 Å². The summed E-state index contributed by atoms with van der Waals surface area (Å²) in [6.07, 6.45) is 9.49. The smallest absolute Gasteiger partial charge is 1.00 e. The van der Waals surface area contributed by atoms with E-state index in [2.05, 4.69) is 25.6 Å². The number of hydrogen-bond donors (Lipinski definition) is 2. The zero-order valence-electron chi connectivity index (χ0n) is 36.8. The Balaban J connectivity index is 0.000000936. The number of rotatable bonds is 14. The minimum Gasteiger partial charge on any atom is -1.00 e. The van der Waals surface area contributed by atoms with Crippen molar-refractivity contribution >= 4 is 23.9 Å². The van der Waals surface area contributed by atoms with Crippen LogP contribution in [-0.4, -0.2) is 56.5 Å². The molecule has 4 rings (SSSR count). The number of cyclic esters (lactones) is 2. The fourth-order valence-corrected chi connectivity index (χ4v) is 6.58. The average Bonchev–Trinajstić information content (AvgIpc) is 3.09. The second-order valence-electron chi connectivity index (χ2n) is 16.4. The van der Waals surface area contributed by atoms with Gasteiger partial charge in [0.25, 0.3) is 0 Å². The monoisotopic (exact) mass is 800 g/mol. The van der Waals surface area contributed by atoms with Crippen LogP contribution in [-0.2, 0) is 51.0 Å². The summed E-state index contributed by atoms with van der Waals surface area (Å²) in [5.41, 5.74) is 0.384. The third-order valence-electron chi connectivity index (χ3n) is 8.91. The normalized spacial score (nSPS) is 19.1. The SMILES string of the molecule is C=CC(=O)OC(C)(C)C.CCC[C@@]1(CCc2ccccc2)CC(O)=C(CCC(=O)OC(C)(C)C)C(=O)O1.CCC[C@@]1(CCc2ccccc2)CC(O)=CC(=O)O1.[H-].[Na+]. The molecule has 0 fully saturated rings. The van der Waals surface area contributed by atoms with Gasteiger partial charge in [-0.25, -0.2) is 14.4 Å². The molecule has 2 aliphatic rings. The van der Waals surface area contributed by atoms with Crippen LogP contribution in [0.25, 0.3) is 0 Å². The third kappa shape index (κ3) is 19.9. The van der Waals surface area contributed by atoms with Crippen LogP contribution in [0.5, 0.6) is 0 Å². The predicted molar refractivity (Wildman–Crippen MR) is 219 cm³/mol. The van der Waals surface area contributed by atoms with Crippen molar-refractivity contribution in [3.63, 3.8) is 0 Å². The summed E-state index contributed by atoms with van der Waals surface area (Å²) in [7, 11) is 0. The molecule has 0 saturated heterocycles. The first-order valence-electron chi connectivity index (χ1n) is 19.6. The molecule has 2 heterocycles. The fraction of sp³-hybridized carbons (Fsp3) is 0.522. The van der Waals surface area contributed by atoms with Gasteiger partial charge in [0.2, 0.25) is 0 Å². The molecule has 10 nitrogen and oxygen atoms in total. The van der Waals surface area contributed by atoms with E-state index >= 15 is 0 Å². The molecule has 0 unspecified atom stereocenters. The van der Waals surface area contributed by atoms with Gasteiger partial charge in [0.05, 0.1) is 11.6 Å². The molecule has 0 aromatic heterocycles. The van der Waals surface area contributed by atoms with Crippen molar-refractivity contribution in [2.24, 2.45) is 0 Å². The van der Waals surface area contributed by atoms with Gasteiger partial charge in [-0.05, 0) is 97.6 Å². The van der Waals surface area contributed by atoms with Crippen molar-refractivity contribution in [1.82, 2.24) is 0 Å². The van der Waals surface area contributed by atoms with Crippen LogP contribution in [0.2, 0.25) is 0 Å². The van der Waals surface area contributed by atoms with Gasteiger partial charge in [-0.1, -0.05) is 93.9 Å². The molecule has 2 aliphatic heterocycles. The molecule has 2 aromatic rings. The van der Waals surface area contributed by atoms with Crippen molar-refractivity contribution in [2.45, 2.75) is 155 Å². The Morgan fingerprint density at radius 2 is 1.23 bits per heavy atom.